The van der Waals surface area contributed by atoms with E-state index in [1.54, 1.807) is 0 Å². The third-order valence-electron chi connectivity index (χ3n) is 2.10. The molecule has 0 aliphatic carbocycles. The molecule has 0 saturated heterocycles. The Morgan fingerprint density at radius 3 is 2.59 bits per heavy atom. The molecular weight excluding hydrogens is 248 g/mol. The number of rotatable bonds is 6. The molecule has 0 spiro atoms. The highest BCUT2D eigenvalue weighted by molar-refractivity contribution is 7.89. The van der Waals surface area contributed by atoms with Gasteiger partial charge in [0.15, 0.2) is 5.76 Å². The molecule has 0 aromatic carbocycles. The predicted octanol–water partition coefficient (Wildman–Crippen LogP) is 0.435. The van der Waals surface area contributed by atoms with Gasteiger partial charge in [-0.2, -0.15) is 0 Å². The second-order valence-corrected chi connectivity index (χ2v) is 5.25. The second-order valence-electron chi connectivity index (χ2n) is 3.55. The number of aliphatic carboxylic acids is 1. The van der Waals surface area contributed by atoms with Crippen LogP contribution < -0.4 is 4.72 Å². The van der Waals surface area contributed by atoms with Crippen molar-refractivity contribution in [2.45, 2.75) is 31.6 Å². The lowest BCUT2D eigenvalue weighted by Gasteiger charge is -2.04. The van der Waals surface area contributed by atoms with E-state index in [9.17, 15) is 13.2 Å². The van der Waals surface area contributed by atoms with E-state index < -0.39 is 16.0 Å². The molecule has 0 aliphatic rings. The fourth-order valence-corrected chi connectivity index (χ4v) is 2.78. The zero-order valence-electron chi connectivity index (χ0n) is 9.56. The molecule has 2 N–H and O–H groups in total. The Hall–Kier alpha value is -1.41. The van der Waals surface area contributed by atoms with Gasteiger partial charge < -0.3 is 9.63 Å². The first-order chi connectivity index (χ1) is 7.84. The van der Waals surface area contributed by atoms with Crippen molar-refractivity contribution in [2.24, 2.45) is 0 Å². The summed E-state index contributed by atoms with van der Waals surface area (Å²) in [5, 5.41) is 12.0. The van der Waals surface area contributed by atoms with Crippen molar-refractivity contribution in [3.63, 3.8) is 0 Å². The van der Waals surface area contributed by atoms with E-state index in [4.69, 9.17) is 9.63 Å². The van der Waals surface area contributed by atoms with Crippen molar-refractivity contribution in [3.8, 4) is 0 Å². The summed E-state index contributed by atoms with van der Waals surface area (Å²) >= 11 is 0. The van der Waals surface area contributed by atoms with E-state index in [1.807, 2.05) is 0 Å². The first kappa shape index (κ1) is 13.7. The molecule has 1 aromatic heterocycles. The average Bonchev–Trinajstić information content (AvgIpc) is 2.53. The van der Waals surface area contributed by atoms with Gasteiger partial charge in [0.25, 0.3) is 0 Å². The Morgan fingerprint density at radius 2 is 2.12 bits per heavy atom. The normalized spacial score (nSPS) is 11.6. The van der Waals surface area contributed by atoms with Gasteiger partial charge in [-0.25, -0.2) is 13.1 Å². The summed E-state index contributed by atoms with van der Waals surface area (Å²) in [6.45, 7) is 3.10. The standard InChI is InChI=1S/C9H14N2O5S/c1-6-9(7(2)16-11-6)17(14,15)10-5-3-4-8(12)13/h10H,3-5H2,1-2H3,(H,12,13). The van der Waals surface area contributed by atoms with E-state index >= 15 is 0 Å². The van der Waals surface area contributed by atoms with E-state index in [-0.39, 0.29) is 35.7 Å². The van der Waals surface area contributed by atoms with Crippen molar-refractivity contribution in [1.29, 1.82) is 0 Å². The number of nitrogens with zero attached hydrogens (tertiary/aromatic N) is 1. The largest absolute Gasteiger partial charge is 0.481 e. The SMILES string of the molecule is Cc1noc(C)c1S(=O)(=O)NCCCC(=O)O. The number of carboxylic acid groups (broad SMARTS) is 1. The minimum atomic E-state index is -3.68. The fourth-order valence-electron chi connectivity index (χ4n) is 1.38. The number of hydrogen-bond acceptors (Lipinski definition) is 5. The van der Waals surface area contributed by atoms with Gasteiger partial charge in [0.1, 0.15) is 10.6 Å². The highest BCUT2D eigenvalue weighted by Gasteiger charge is 2.23. The molecule has 0 radical (unpaired) electrons. The smallest absolute Gasteiger partial charge is 0.303 e. The van der Waals surface area contributed by atoms with Gasteiger partial charge in [0.2, 0.25) is 10.0 Å². The van der Waals surface area contributed by atoms with Crippen molar-refractivity contribution in [3.05, 3.63) is 11.5 Å². The summed E-state index contributed by atoms with van der Waals surface area (Å²) in [5.41, 5.74) is 0.285. The summed E-state index contributed by atoms with van der Waals surface area (Å²) < 4.78 is 30.7. The quantitative estimate of drug-likeness (QED) is 0.720. The Labute approximate surface area is 98.9 Å². The Bertz CT molecular complexity index is 486. The highest BCUT2D eigenvalue weighted by atomic mass is 32.2. The van der Waals surface area contributed by atoms with Crippen LogP contribution in [-0.2, 0) is 14.8 Å². The third kappa shape index (κ3) is 3.53. The lowest BCUT2D eigenvalue weighted by Crippen LogP contribution is -2.26. The summed E-state index contributed by atoms with van der Waals surface area (Å²) in [6.07, 6.45) is 0.155. The van der Waals surface area contributed by atoms with Crippen LogP contribution in [0.25, 0.3) is 0 Å². The maximum Gasteiger partial charge on any atom is 0.303 e. The van der Waals surface area contributed by atoms with Crippen LogP contribution in [0.5, 0.6) is 0 Å². The minimum Gasteiger partial charge on any atom is -0.481 e. The molecule has 8 heteroatoms. The molecule has 7 nitrogen and oxygen atoms in total. The Balaban J connectivity index is 2.67. The van der Waals surface area contributed by atoms with Crippen molar-refractivity contribution in [2.75, 3.05) is 6.54 Å². The van der Waals surface area contributed by atoms with Crippen molar-refractivity contribution in [1.82, 2.24) is 9.88 Å². The Kier molecular flexibility index (Phi) is 4.24. The molecule has 96 valence electrons. The van der Waals surface area contributed by atoms with Crippen LogP contribution in [0.2, 0.25) is 0 Å². The van der Waals surface area contributed by atoms with Crippen LogP contribution in [-0.4, -0.2) is 31.2 Å². The average molecular weight is 262 g/mol. The Morgan fingerprint density at radius 1 is 1.47 bits per heavy atom. The minimum absolute atomic E-state index is 0.0211. The maximum atomic E-state index is 11.8. The summed E-state index contributed by atoms with van der Waals surface area (Å²) in [4.78, 5) is 10.3. The zero-order valence-corrected chi connectivity index (χ0v) is 10.4. The lowest BCUT2D eigenvalue weighted by molar-refractivity contribution is -0.137. The van der Waals surface area contributed by atoms with Gasteiger partial charge in [0, 0.05) is 13.0 Å². The first-order valence-electron chi connectivity index (χ1n) is 4.99. The van der Waals surface area contributed by atoms with Gasteiger partial charge in [0.05, 0.1) is 0 Å². The lowest BCUT2D eigenvalue weighted by atomic mass is 10.3. The fraction of sp³-hybridized carbons (Fsp3) is 0.556. The van der Waals surface area contributed by atoms with Gasteiger partial charge in [-0.05, 0) is 20.3 Å². The van der Waals surface area contributed by atoms with Crippen LogP contribution in [0, 0.1) is 13.8 Å². The van der Waals surface area contributed by atoms with Crippen molar-refractivity contribution < 1.29 is 22.8 Å². The van der Waals surface area contributed by atoms with Gasteiger partial charge in [-0.15, -0.1) is 0 Å². The number of aryl methyl sites for hydroxylation is 2. The molecule has 17 heavy (non-hydrogen) atoms. The number of carbonyl (C=O) groups is 1. The summed E-state index contributed by atoms with van der Waals surface area (Å²) in [5.74, 6) is -0.741. The van der Waals surface area contributed by atoms with E-state index in [2.05, 4.69) is 9.88 Å². The zero-order chi connectivity index (χ0) is 13.1. The van der Waals surface area contributed by atoms with E-state index in [0.717, 1.165) is 0 Å². The van der Waals surface area contributed by atoms with Crippen LogP contribution in [0.3, 0.4) is 0 Å². The summed E-state index contributed by atoms with van der Waals surface area (Å²) in [7, 11) is -3.68. The van der Waals surface area contributed by atoms with Crippen LogP contribution in [0.1, 0.15) is 24.3 Å². The molecule has 1 aromatic rings. The molecule has 0 amide bonds. The number of carboxylic acids is 1. The van der Waals surface area contributed by atoms with E-state index in [1.165, 1.54) is 13.8 Å². The van der Waals surface area contributed by atoms with Crippen LogP contribution in [0.4, 0.5) is 0 Å². The predicted molar refractivity (Wildman–Crippen MR) is 58.0 cm³/mol. The molecule has 0 saturated carbocycles. The third-order valence-corrected chi connectivity index (χ3v) is 3.80. The molecule has 0 bridgehead atoms. The molecule has 0 atom stereocenters. The number of nitrogens with one attached hydrogen (secondary N) is 1. The van der Waals surface area contributed by atoms with E-state index in [0.29, 0.717) is 0 Å². The summed E-state index contributed by atoms with van der Waals surface area (Å²) in [6, 6.07) is 0. The maximum absolute atomic E-state index is 11.8. The molecular formula is C9H14N2O5S. The van der Waals surface area contributed by atoms with Crippen LogP contribution >= 0.6 is 0 Å². The molecule has 0 unspecified atom stereocenters. The van der Waals surface area contributed by atoms with Gasteiger partial charge in [-0.3, -0.25) is 4.79 Å². The number of aromatic nitrogens is 1. The van der Waals surface area contributed by atoms with Gasteiger partial charge >= 0.3 is 5.97 Å². The molecule has 0 aliphatic heterocycles. The monoisotopic (exact) mass is 262 g/mol. The van der Waals surface area contributed by atoms with Crippen LogP contribution in [0.15, 0.2) is 9.42 Å². The van der Waals surface area contributed by atoms with Crippen molar-refractivity contribution >= 4 is 16.0 Å². The second kappa shape index (κ2) is 5.28. The molecule has 1 heterocycles. The number of hydrogen-bond donors (Lipinski definition) is 2. The highest BCUT2D eigenvalue weighted by Crippen LogP contribution is 2.18. The van der Waals surface area contributed by atoms with Gasteiger partial charge in [-0.1, -0.05) is 5.16 Å². The first-order valence-corrected chi connectivity index (χ1v) is 6.47. The topological polar surface area (TPSA) is 110 Å². The number of sulfonamides is 1. The molecule has 1 rings (SSSR count). The molecule has 0 fully saturated rings.